The first-order valence-electron chi connectivity index (χ1n) is 4.89. The van der Waals surface area contributed by atoms with Gasteiger partial charge in [0.2, 0.25) is 5.90 Å². The molecule has 0 aliphatic carbocycles. The minimum absolute atomic E-state index is 0.0381. The van der Waals surface area contributed by atoms with Gasteiger partial charge in [0.05, 0.1) is 11.5 Å². The van der Waals surface area contributed by atoms with E-state index in [0.717, 1.165) is 5.56 Å². The number of benzene rings is 1. The number of nitro benzene ring substituents is 1. The summed E-state index contributed by atoms with van der Waals surface area (Å²) in [5, 5.41) is 14.0. The number of halogens is 1. The fourth-order valence-electron chi connectivity index (χ4n) is 1.23. The third-order valence-electron chi connectivity index (χ3n) is 2.03. The van der Waals surface area contributed by atoms with Crippen molar-refractivity contribution in [3.8, 4) is 0 Å². The van der Waals surface area contributed by atoms with E-state index in [-0.39, 0.29) is 10.5 Å². The Labute approximate surface area is 107 Å². The predicted molar refractivity (Wildman–Crippen MR) is 68.0 cm³/mol. The molecule has 1 aromatic rings. The fraction of sp³-hybridized carbons (Fsp3) is 0.300. The normalized spacial score (nSPS) is 13.2. The lowest BCUT2D eigenvalue weighted by Gasteiger charge is -2.12. The summed E-state index contributed by atoms with van der Waals surface area (Å²) < 4.78 is 5.23. The molecule has 0 saturated carbocycles. The van der Waals surface area contributed by atoms with Crippen LogP contribution in [0.5, 0.6) is 0 Å². The number of ether oxygens (including phenoxy) is 1. The van der Waals surface area contributed by atoms with Crippen molar-refractivity contribution in [1.82, 2.24) is 0 Å². The van der Waals surface area contributed by atoms with E-state index in [9.17, 15) is 10.1 Å². The Bertz CT molecular complexity index is 419. The van der Waals surface area contributed by atoms with Gasteiger partial charge in [0.1, 0.15) is 4.83 Å². The molecule has 17 heavy (non-hydrogen) atoms. The van der Waals surface area contributed by atoms with E-state index < -0.39 is 4.92 Å². The van der Waals surface area contributed by atoms with Crippen LogP contribution in [0, 0.1) is 10.1 Å². The topological polar surface area (TPSA) is 90.8 Å². The quantitative estimate of drug-likeness (QED) is 0.231. The zero-order valence-electron chi connectivity index (χ0n) is 9.17. The number of rotatable bonds is 4. The summed E-state index contributed by atoms with van der Waals surface area (Å²) in [7, 11) is 0. The van der Waals surface area contributed by atoms with Gasteiger partial charge in [-0.15, -0.1) is 5.10 Å². The molecular weight excluding hydrogens is 290 g/mol. The Hall–Kier alpha value is -1.63. The van der Waals surface area contributed by atoms with Crippen LogP contribution in [0.4, 0.5) is 5.69 Å². The van der Waals surface area contributed by atoms with Crippen LogP contribution in [-0.2, 0) is 4.74 Å². The van der Waals surface area contributed by atoms with Gasteiger partial charge in [-0.05, 0) is 12.5 Å². The zero-order chi connectivity index (χ0) is 12.8. The molecule has 0 aromatic heterocycles. The van der Waals surface area contributed by atoms with Gasteiger partial charge in [-0.2, -0.15) is 0 Å². The van der Waals surface area contributed by atoms with Gasteiger partial charge in [-0.25, -0.2) is 0 Å². The van der Waals surface area contributed by atoms with Crippen LogP contribution in [-0.4, -0.2) is 17.4 Å². The lowest BCUT2D eigenvalue weighted by atomic mass is 10.1. The van der Waals surface area contributed by atoms with Crippen LogP contribution in [0.1, 0.15) is 17.3 Å². The molecule has 1 aromatic carbocycles. The van der Waals surface area contributed by atoms with E-state index in [2.05, 4.69) is 21.0 Å². The summed E-state index contributed by atoms with van der Waals surface area (Å²) in [5.74, 6) is 5.53. The average molecular weight is 302 g/mol. The Morgan fingerprint density at radius 1 is 1.59 bits per heavy atom. The Balaban J connectivity index is 2.89. The molecule has 0 spiro atoms. The highest BCUT2D eigenvalue weighted by Gasteiger charge is 2.17. The number of nitro groups is 1. The molecule has 0 aliphatic rings. The van der Waals surface area contributed by atoms with Crippen LogP contribution in [0.15, 0.2) is 29.4 Å². The molecule has 1 rings (SSSR count). The van der Waals surface area contributed by atoms with Crippen LogP contribution >= 0.6 is 15.9 Å². The molecule has 6 nitrogen and oxygen atoms in total. The highest BCUT2D eigenvalue weighted by Crippen LogP contribution is 2.26. The molecule has 0 aliphatic heterocycles. The average Bonchev–Trinajstić information content (AvgIpc) is 2.35. The molecule has 0 radical (unpaired) electrons. The summed E-state index contributed by atoms with van der Waals surface area (Å²) >= 11 is 3.37. The van der Waals surface area contributed by atoms with Crippen molar-refractivity contribution in [2.45, 2.75) is 11.8 Å². The maximum absolute atomic E-state index is 10.5. The minimum Gasteiger partial charge on any atom is -0.479 e. The van der Waals surface area contributed by atoms with Crippen molar-refractivity contribution in [2.75, 3.05) is 6.61 Å². The van der Waals surface area contributed by atoms with Gasteiger partial charge in [0.15, 0.2) is 0 Å². The summed E-state index contributed by atoms with van der Waals surface area (Å²) in [5.41, 5.74) is 0.823. The number of alkyl halides is 1. The lowest BCUT2D eigenvalue weighted by molar-refractivity contribution is -0.384. The molecule has 2 N–H and O–H groups in total. The van der Waals surface area contributed by atoms with Crippen molar-refractivity contribution in [2.24, 2.45) is 10.9 Å². The van der Waals surface area contributed by atoms with Crippen LogP contribution in [0.3, 0.4) is 0 Å². The second-order valence-corrected chi connectivity index (χ2v) is 4.03. The number of nitrogens with zero attached hydrogens (tertiary/aromatic N) is 2. The summed E-state index contributed by atoms with van der Waals surface area (Å²) in [6.07, 6.45) is 0. The smallest absolute Gasteiger partial charge is 0.269 e. The van der Waals surface area contributed by atoms with E-state index in [0.29, 0.717) is 12.5 Å². The molecular formula is C10H12BrN3O3. The molecule has 0 saturated heterocycles. The highest BCUT2D eigenvalue weighted by atomic mass is 79.9. The number of hydrogen-bond acceptors (Lipinski definition) is 5. The van der Waals surface area contributed by atoms with E-state index >= 15 is 0 Å². The largest absolute Gasteiger partial charge is 0.479 e. The molecule has 1 unspecified atom stereocenters. The van der Waals surface area contributed by atoms with Crippen molar-refractivity contribution in [1.29, 1.82) is 0 Å². The molecule has 92 valence electrons. The SMILES string of the molecule is CCO/C(=N\N)C(Br)c1ccc([N+](=O)[O-])cc1. The third kappa shape index (κ3) is 3.42. The summed E-state index contributed by atoms with van der Waals surface area (Å²) in [6, 6.07) is 6.09. The second kappa shape index (κ2) is 6.19. The first-order valence-corrected chi connectivity index (χ1v) is 5.80. The van der Waals surface area contributed by atoms with Gasteiger partial charge < -0.3 is 10.6 Å². The van der Waals surface area contributed by atoms with Crippen molar-refractivity contribution < 1.29 is 9.66 Å². The van der Waals surface area contributed by atoms with Crippen LogP contribution < -0.4 is 5.84 Å². The number of hydrazone groups is 1. The van der Waals surface area contributed by atoms with Crippen molar-refractivity contribution in [3.05, 3.63) is 39.9 Å². The zero-order valence-corrected chi connectivity index (χ0v) is 10.8. The minimum atomic E-state index is -0.451. The maximum atomic E-state index is 10.5. The van der Waals surface area contributed by atoms with Gasteiger partial charge in [-0.3, -0.25) is 10.1 Å². The first-order chi connectivity index (χ1) is 8.10. The standard InChI is InChI=1S/C10H12BrN3O3/c1-2-17-10(13-12)9(11)7-3-5-8(6-4-7)14(15)16/h3-6,9H,2,12H2,1H3/b13-10-. The fourth-order valence-corrected chi connectivity index (χ4v) is 1.79. The van der Waals surface area contributed by atoms with Crippen molar-refractivity contribution in [3.63, 3.8) is 0 Å². The first kappa shape index (κ1) is 13.4. The highest BCUT2D eigenvalue weighted by molar-refractivity contribution is 9.09. The van der Waals surface area contributed by atoms with E-state index in [1.807, 2.05) is 6.92 Å². The number of non-ortho nitro benzene ring substituents is 1. The molecule has 1 atom stereocenters. The monoisotopic (exact) mass is 301 g/mol. The number of nitrogens with two attached hydrogens (primary N) is 1. The van der Waals surface area contributed by atoms with E-state index in [1.54, 1.807) is 12.1 Å². The predicted octanol–water partition coefficient (Wildman–Crippen LogP) is 2.34. The van der Waals surface area contributed by atoms with E-state index in [1.165, 1.54) is 12.1 Å². The molecule has 0 bridgehead atoms. The Morgan fingerprint density at radius 2 is 2.18 bits per heavy atom. The molecule has 0 heterocycles. The van der Waals surface area contributed by atoms with Gasteiger partial charge in [0, 0.05) is 12.1 Å². The van der Waals surface area contributed by atoms with Crippen molar-refractivity contribution >= 4 is 27.5 Å². The third-order valence-corrected chi connectivity index (χ3v) is 2.95. The molecule has 0 amide bonds. The maximum Gasteiger partial charge on any atom is 0.269 e. The van der Waals surface area contributed by atoms with Gasteiger partial charge in [0.25, 0.3) is 5.69 Å². The summed E-state index contributed by atoms with van der Waals surface area (Å²) in [6.45, 7) is 2.27. The Kier molecular flexibility index (Phi) is 4.89. The van der Waals surface area contributed by atoms with Crippen LogP contribution in [0.2, 0.25) is 0 Å². The summed E-state index contributed by atoms with van der Waals surface area (Å²) in [4.78, 5) is 9.74. The Morgan fingerprint density at radius 3 is 2.59 bits per heavy atom. The van der Waals surface area contributed by atoms with E-state index in [4.69, 9.17) is 10.6 Å². The van der Waals surface area contributed by atoms with Crippen LogP contribution in [0.25, 0.3) is 0 Å². The molecule has 7 heteroatoms. The van der Waals surface area contributed by atoms with Gasteiger partial charge >= 0.3 is 0 Å². The second-order valence-electron chi connectivity index (χ2n) is 3.11. The van der Waals surface area contributed by atoms with Gasteiger partial charge in [-0.1, -0.05) is 28.1 Å². The lowest BCUT2D eigenvalue weighted by Crippen LogP contribution is -2.13. The number of hydrogen-bond donors (Lipinski definition) is 1. The molecule has 0 fully saturated rings.